The number of hydrogen-bond acceptors (Lipinski definition) is 2. The van der Waals surface area contributed by atoms with E-state index in [0.717, 1.165) is 6.54 Å². The van der Waals surface area contributed by atoms with E-state index >= 15 is 0 Å². The third-order valence-electron chi connectivity index (χ3n) is 3.41. The van der Waals surface area contributed by atoms with E-state index < -0.39 is 0 Å². The second kappa shape index (κ2) is 5.44. The summed E-state index contributed by atoms with van der Waals surface area (Å²) in [5.74, 6) is 0.664. The monoisotopic (exact) mass is 220 g/mol. The molecule has 90 valence electrons. The van der Waals surface area contributed by atoms with Gasteiger partial charge in [0.25, 0.3) is 0 Å². The highest BCUT2D eigenvalue weighted by Gasteiger charge is 2.20. The van der Waals surface area contributed by atoms with E-state index in [-0.39, 0.29) is 0 Å². The van der Waals surface area contributed by atoms with Gasteiger partial charge in [0, 0.05) is 18.4 Å². The molecule has 0 aliphatic heterocycles. The average molecular weight is 220 g/mol. The molecule has 2 atom stereocenters. The van der Waals surface area contributed by atoms with Crippen LogP contribution in [0, 0.1) is 11.3 Å². The van der Waals surface area contributed by atoms with E-state index in [4.69, 9.17) is 0 Å². The summed E-state index contributed by atoms with van der Waals surface area (Å²) in [5.41, 5.74) is 1.67. The van der Waals surface area contributed by atoms with Crippen LogP contribution in [0.25, 0.3) is 0 Å². The summed E-state index contributed by atoms with van der Waals surface area (Å²) in [6.45, 7) is 12.4. The molecule has 2 unspecified atom stereocenters. The Kier molecular flexibility index (Phi) is 4.48. The number of nitrogens with one attached hydrogen (secondary N) is 1. The van der Waals surface area contributed by atoms with Gasteiger partial charge in [0.05, 0.1) is 0 Å². The first kappa shape index (κ1) is 13.2. The third-order valence-corrected chi connectivity index (χ3v) is 3.41. The van der Waals surface area contributed by atoms with Crippen LogP contribution >= 0.6 is 0 Å². The minimum absolute atomic E-state index is 0.366. The van der Waals surface area contributed by atoms with Gasteiger partial charge in [-0.2, -0.15) is 0 Å². The smallest absolute Gasteiger partial charge is 0.0293 e. The molecule has 1 rings (SSSR count). The van der Waals surface area contributed by atoms with Crippen LogP contribution in [0.2, 0.25) is 0 Å². The van der Waals surface area contributed by atoms with Crippen LogP contribution in [-0.2, 0) is 0 Å². The first-order valence-electron chi connectivity index (χ1n) is 6.04. The van der Waals surface area contributed by atoms with Crippen LogP contribution < -0.4 is 5.32 Å². The van der Waals surface area contributed by atoms with Crippen LogP contribution in [-0.4, -0.2) is 11.5 Å². The van der Waals surface area contributed by atoms with Gasteiger partial charge < -0.3 is 5.32 Å². The quantitative estimate of drug-likeness (QED) is 0.841. The molecular formula is C14H24N2. The van der Waals surface area contributed by atoms with Gasteiger partial charge in [0.2, 0.25) is 0 Å². The molecule has 0 fully saturated rings. The van der Waals surface area contributed by atoms with Crippen molar-refractivity contribution in [2.75, 3.05) is 6.54 Å². The summed E-state index contributed by atoms with van der Waals surface area (Å²) in [6.07, 6.45) is 3.70. The Morgan fingerprint density at radius 2 is 1.75 bits per heavy atom. The summed E-state index contributed by atoms with van der Waals surface area (Å²) in [4.78, 5) is 4.03. The Bertz CT molecular complexity index is 300. The summed E-state index contributed by atoms with van der Waals surface area (Å²) in [7, 11) is 0. The lowest BCUT2D eigenvalue weighted by Crippen LogP contribution is -2.31. The minimum Gasteiger partial charge on any atom is -0.310 e. The zero-order valence-electron chi connectivity index (χ0n) is 11.1. The fourth-order valence-electron chi connectivity index (χ4n) is 1.43. The summed E-state index contributed by atoms with van der Waals surface area (Å²) in [6, 6.07) is 4.53. The molecule has 0 radical (unpaired) electrons. The van der Waals surface area contributed by atoms with E-state index in [9.17, 15) is 0 Å². The molecule has 2 nitrogen and oxygen atoms in total. The topological polar surface area (TPSA) is 24.9 Å². The lowest BCUT2D eigenvalue weighted by atomic mass is 9.82. The van der Waals surface area contributed by atoms with Gasteiger partial charge in [-0.1, -0.05) is 27.7 Å². The van der Waals surface area contributed by atoms with Crippen LogP contribution in [0.15, 0.2) is 24.5 Å². The van der Waals surface area contributed by atoms with Gasteiger partial charge in [-0.05, 0) is 42.5 Å². The minimum atomic E-state index is 0.366. The first-order valence-corrected chi connectivity index (χ1v) is 6.04. The maximum Gasteiger partial charge on any atom is 0.0293 e. The summed E-state index contributed by atoms with van der Waals surface area (Å²) < 4.78 is 0. The lowest BCUT2D eigenvalue weighted by molar-refractivity contribution is 0.247. The zero-order valence-corrected chi connectivity index (χ0v) is 11.1. The molecule has 1 N–H and O–H groups in total. The van der Waals surface area contributed by atoms with Gasteiger partial charge in [-0.3, -0.25) is 4.98 Å². The van der Waals surface area contributed by atoms with Gasteiger partial charge in [0.15, 0.2) is 0 Å². The first-order chi connectivity index (χ1) is 7.41. The van der Waals surface area contributed by atoms with Crippen LogP contribution in [0.4, 0.5) is 0 Å². The number of aromatic nitrogens is 1. The molecule has 0 amide bonds. The van der Waals surface area contributed by atoms with Gasteiger partial charge in [0.1, 0.15) is 0 Å². The molecule has 0 spiro atoms. The molecule has 1 aromatic rings. The highest BCUT2D eigenvalue weighted by Crippen LogP contribution is 2.25. The predicted molar refractivity (Wildman–Crippen MR) is 69.3 cm³/mol. The normalized spacial score (nSPS) is 15.8. The number of rotatable bonds is 4. The van der Waals surface area contributed by atoms with Crippen molar-refractivity contribution in [3.8, 4) is 0 Å². The van der Waals surface area contributed by atoms with E-state index in [1.807, 2.05) is 12.4 Å². The Morgan fingerprint density at radius 1 is 1.19 bits per heavy atom. The molecule has 0 saturated carbocycles. The van der Waals surface area contributed by atoms with Crippen molar-refractivity contribution in [3.63, 3.8) is 0 Å². The molecule has 16 heavy (non-hydrogen) atoms. The number of hydrogen-bond donors (Lipinski definition) is 1. The maximum absolute atomic E-state index is 4.03. The van der Waals surface area contributed by atoms with E-state index in [1.54, 1.807) is 0 Å². The van der Waals surface area contributed by atoms with Crippen LogP contribution in [0.5, 0.6) is 0 Å². The van der Waals surface area contributed by atoms with Gasteiger partial charge in [-0.25, -0.2) is 0 Å². The van der Waals surface area contributed by atoms with Crippen molar-refractivity contribution < 1.29 is 0 Å². The maximum atomic E-state index is 4.03. The molecule has 1 aromatic heterocycles. The second-order valence-corrected chi connectivity index (χ2v) is 5.68. The van der Waals surface area contributed by atoms with Crippen molar-refractivity contribution in [1.29, 1.82) is 0 Å². The highest BCUT2D eigenvalue weighted by atomic mass is 14.9. The van der Waals surface area contributed by atoms with E-state index in [1.165, 1.54) is 5.56 Å². The van der Waals surface area contributed by atoms with Gasteiger partial charge >= 0.3 is 0 Å². The molecule has 1 heterocycles. The Hall–Kier alpha value is -0.890. The largest absolute Gasteiger partial charge is 0.310 e. The SMILES string of the molecule is CC(NCC(C)C(C)(C)C)c1ccncc1. The van der Waals surface area contributed by atoms with Gasteiger partial charge in [-0.15, -0.1) is 0 Å². The van der Waals surface area contributed by atoms with Crippen molar-refractivity contribution in [3.05, 3.63) is 30.1 Å². The van der Waals surface area contributed by atoms with Crippen molar-refractivity contribution in [1.82, 2.24) is 10.3 Å². The third kappa shape index (κ3) is 3.93. The molecule has 0 aliphatic carbocycles. The Labute approximate surface area is 99.5 Å². The van der Waals surface area contributed by atoms with Crippen LogP contribution in [0.1, 0.15) is 46.2 Å². The molecule has 2 heteroatoms. The average Bonchev–Trinajstić information content (AvgIpc) is 2.25. The van der Waals surface area contributed by atoms with E-state index in [0.29, 0.717) is 17.4 Å². The van der Waals surface area contributed by atoms with Crippen molar-refractivity contribution in [2.45, 2.75) is 40.7 Å². The summed E-state index contributed by atoms with van der Waals surface area (Å²) in [5, 5.41) is 3.58. The molecule has 0 bridgehead atoms. The zero-order chi connectivity index (χ0) is 12.2. The summed E-state index contributed by atoms with van der Waals surface area (Å²) >= 11 is 0. The fourth-order valence-corrected chi connectivity index (χ4v) is 1.43. The molecule has 0 aromatic carbocycles. The molecular weight excluding hydrogens is 196 g/mol. The Morgan fingerprint density at radius 3 is 2.25 bits per heavy atom. The molecule has 0 saturated heterocycles. The molecule has 0 aliphatic rings. The van der Waals surface area contributed by atoms with Crippen molar-refractivity contribution >= 4 is 0 Å². The lowest BCUT2D eigenvalue weighted by Gasteiger charge is -2.28. The van der Waals surface area contributed by atoms with Crippen molar-refractivity contribution in [2.24, 2.45) is 11.3 Å². The standard InChI is InChI=1S/C14H24N2/c1-11(14(3,4)5)10-16-12(2)13-6-8-15-9-7-13/h6-9,11-12,16H,10H2,1-5H3. The number of nitrogens with zero attached hydrogens (tertiary/aromatic N) is 1. The van der Waals surface area contributed by atoms with E-state index in [2.05, 4.69) is 57.1 Å². The van der Waals surface area contributed by atoms with Crippen LogP contribution in [0.3, 0.4) is 0 Å². The Balaban J connectivity index is 2.45. The fraction of sp³-hybridized carbons (Fsp3) is 0.643. The predicted octanol–water partition coefficient (Wildman–Crippen LogP) is 3.41. The second-order valence-electron chi connectivity index (χ2n) is 5.68. The number of pyridine rings is 1. The highest BCUT2D eigenvalue weighted by molar-refractivity contribution is 5.13.